The Morgan fingerprint density at radius 2 is 1.68 bits per heavy atom. The van der Waals surface area contributed by atoms with Crippen LogP contribution in [0, 0.1) is 5.41 Å². The molecule has 2 aromatic heterocycles. The molecule has 0 aromatic carbocycles. The zero-order valence-corrected chi connectivity index (χ0v) is 15.1. The number of piperazine rings is 1. The fourth-order valence-corrected chi connectivity index (χ4v) is 2.92. The van der Waals surface area contributed by atoms with Crippen molar-refractivity contribution in [1.29, 1.82) is 0 Å². The summed E-state index contributed by atoms with van der Waals surface area (Å²) >= 11 is 0. The smallest absolute Gasteiger partial charge is 0.223 e. The number of pyridine rings is 1. The summed E-state index contributed by atoms with van der Waals surface area (Å²) in [6, 6.07) is 7.82. The molecule has 6 nitrogen and oxygen atoms in total. The van der Waals surface area contributed by atoms with E-state index >= 15 is 0 Å². The highest BCUT2D eigenvalue weighted by molar-refractivity contribution is 5.77. The topological polar surface area (TPSA) is 62.2 Å². The molecule has 25 heavy (non-hydrogen) atoms. The van der Waals surface area contributed by atoms with Crippen molar-refractivity contribution in [2.45, 2.75) is 27.2 Å². The lowest BCUT2D eigenvalue weighted by Gasteiger charge is -2.36. The van der Waals surface area contributed by atoms with E-state index in [1.165, 1.54) is 0 Å². The summed E-state index contributed by atoms with van der Waals surface area (Å²) < 4.78 is 0. The first-order chi connectivity index (χ1) is 11.9. The Kier molecular flexibility index (Phi) is 4.97. The Morgan fingerprint density at radius 3 is 2.24 bits per heavy atom. The monoisotopic (exact) mass is 339 g/mol. The molecule has 1 amide bonds. The minimum absolute atomic E-state index is 0.0302. The molecular weight excluding hydrogens is 314 g/mol. The average Bonchev–Trinajstić information content (AvgIpc) is 2.61. The normalized spacial score (nSPS) is 15.3. The van der Waals surface area contributed by atoms with Crippen LogP contribution in [0.2, 0.25) is 0 Å². The maximum absolute atomic E-state index is 12.3. The van der Waals surface area contributed by atoms with Crippen molar-refractivity contribution in [3.63, 3.8) is 0 Å². The van der Waals surface area contributed by atoms with Crippen LogP contribution in [-0.4, -0.2) is 52.2 Å². The van der Waals surface area contributed by atoms with Crippen molar-refractivity contribution in [1.82, 2.24) is 20.1 Å². The maximum atomic E-state index is 12.3. The van der Waals surface area contributed by atoms with E-state index in [0.717, 1.165) is 43.3 Å². The number of hydrogen-bond acceptors (Lipinski definition) is 5. The Balaban J connectivity index is 1.59. The molecule has 6 heteroatoms. The molecule has 0 radical (unpaired) electrons. The molecule has 0 aliphatic carbocycles. The minimum Gasteiger partial charge on any atom is -0.352 e. The first-order valence-corrected chi connectivity index (χ1v) is 8.69. The van der Waals surface area contributed by atoms with Gasteiger partial charge in [-0.15, -0.1) is 10.2 Å². The van der Waals surface area contributed by atoms with Gasteiger partial charge in [0.1, 0.15) is 0 Å². The molecule has 0 N–H and O–H groups in total. The zero-order chi connectivity index (χ0) is 17.9. The van der Waals surface area contributed by atoms with Crippen LogP contribution in [0.3, 0.4) is 0 Å². The molecule has 0 atom stereocenters. The van der Waals surface area contributed by atoms with Crippen molar-refractivity contribution in [2.75, 3.05) is 31.1 Å². The number of anilines is 1. The fourth-order valence-electron chi connectivity index (χ4n) is 2.92. The molecule has 1 aliphatic heterocycles. The van der Waals surface area contributed by atoms with E-state index in [2.05, 4.69) is 40.9 Å². The molecular formula is C19H25N5O. The number of carbonyl (C=O) groups is 1. The molecule has 2 aromatic rings. The third kappa shape index (κ3) is 4.53. The van der Waals surface area contributed by atoms with Gasteiger partial charge in [0.2, 0.25) is 5.91 Å². The molecule has 132 valence electrons. The standard InChI is InChI=1S/C19H25N5O/c1-19(2,3)14-18(25)24-12-10-23(11-13-24)17-5-4-16(21-22-17)15-6-8-20-9-7-15/h4-9H,10-14H2,1-3H3. The number of hydrogen-bond donors (Lipinski definition) is 0. The predicted molar refractivity (Wildman–Crippen MR) is 98.1 cm³/mol. The Bertz CT molecular complexity index is 701. The fraction of sp³-hybridized carbons (Fsp3) is 0.474. The van der Waals surface area contributed by atoms with Crippen LogP contribution in [-0.2, 0) is 4.79 Å². The lowest BCUT2D eigenvalue weighted by atomic mass is 9.91. The summed E-state index contributed by atoms with van der Waals surface area (Å²) in [6.07, 6.45) is 4.09. The molecule has 1 aliphatic rings. The van der Waals surface area contributed by atoms with E-state index in [9.17, 15) is 4.79 Å². The van der Waals surface area contributed by atoms with Crippen molar-refractivity contribution in [2.24, 2.45) is 5.41 Å². The zero-order valence-electron chi connectivity index (χ0n) is 15.1. The third-order valence-electron chi connectivity index (χ3n) is 4.26. The predicted octanol–water partition coefficient (Wildman–Crippen LogP) is 2.62. The van der Waals surface area contributed by atoms with Gasteiger partial charge < -0.3 is 9.80 Å². The van der Waals surface area contributed by atoms with E-state index < -0.39 is 0 Å². The van der Waals surface area contributed by atoms with Gasteiger partial charge in [0, 0.05) is 50.6 Å². The van der Waals surface area contributed by atoms with Crippen LogP contribution in [0.25, 0.3) is 11.3 Å². The minimum atomic E-state index is 0.0302. The van der Waals surface area contributed by atoms with Crippen LogP contribution in [0.4, 0.5) is 5.82 Å². The van der Waals surface area contributed by atoms with Gasteiger partial charge in [0.25, 0.3) is 0 Å². The molecule has 3 heterocycles. The number of rotatable bonds is 3. The van der Waals surface area contributed by atoms with E-state index in [-0.39, 0.29) is 11.3 Å². The van der Waals surface area contributed by atoms with Crippen molar-refractivity contribution < 1.29 is 4.79 Å². The van der Waals surface area contributed by atoms with Gasteiger partial charge >= 0.3 is 0 Å². The van der Waals surface area contributed by atoms with Gasteiger partial charge in [0.15, 0.2) is 5.82 Å². The van der Waals surface area contributed by atoms with Crippen molar-refractivity contribution >= 4 is 11.7 Å². The van der Waals surface area contributed by atoms with Gasteiger partial charge in [-0.1, -0.05) is 20.8 Å². The number of amides is 1. The number of aromatic nitrogens is 3. The largest absolute Gasteiger partial charge is 0.352 e. The molecule has 1 saturated heterocycles. The summed E-state index contributed by atoms with van der Waals surface area (Å²) in [4.78, 5) is 20.5. The highest BCUT2D eigenvalue weighted by atomic mass is 16.2. The van der Waals surface area contributed by atoms with Crippen LogP contribution in [0.1, 0.15) is 27.2 Å². The summed E-state index contributed by atoms with van der Waals surface area (Å²) in [5.41, 5.74) is 1.87. The van der Waals surface area contributed by atoms with E-state index in [4.69, 9.17) is 0 Å². The second-order valence-electron chi connectivity index (χ2n) is 7.62. The Labute approximate surface area is 148 Å². The van der Waals surface area contributed by atoms with Gasteiger partial charge in [-0.05, 0) is 29.7 Å². The second-order valence-corrected chi connectivity index (χ2v) is 7.62. The lowest BCUT2D eigenvalue weighted by Crippen LogP contribution is -2.49. The summed E-state index contributed by atoms with van der Waals surface area (Å²) in [7, 11) is 0. The molecule has 0 saturated carbocycles. The third-order valence-corrected chi connectivity index (χ3v) is 4.26. The molecule has 0 bridgehead atoms. The first kappa shape index (κ1) is 17.3. The maximum Gasteiger partial charge on any atom is 0.223 e. The SMILES string of the molecule is CC(C)(C)CC(=O)N1CCN(c2ccc(-c3ccncc3)nn2)CC1. The van der Waals surface area contributed by atoms with Gasteiger partial charge in [-0.3, -0.25) is 9.78 Å². The average molecular weight is 339 g/mol. The first-order valence-electron chi connectivity index (χ1n) is 8.69. The Hall–Kier alpha value is -2.50. The van der Waals surface area contributed by atoms with Gasteiger partial charge in [0.05, 0.1) is 5.69 Å². The molecule has 0 spiro atoms. The van der Waals surface area contributed by atoms with Crippen LogP contribution in [0.5, 0.6) is 0 Å². The summed E-state index contributed by atoms with van der Waals surface area (Å²) in [5.74, 6) is 1.10. The number of nitrogens with zero attached hydrogens (tertiary/aromatic N) is 5. The van der Waals surface area contributed by atoms with E-state index in [0.29, 0.717) is 6.42 Å². The van der Waals surface area contributed by atoms with Gasteiger partial charge in [-0.2, -0.15) is 0 Å². The van der Waals surface area contributed by atoms with E-state index in [1.807, 2.05) is 29.2 Å². The summed E-state index contributed by atoms with van der Waals surface area (Å²) in [6.45, 7) is 9.35. The lowest BCUT2D eigenvalue weighted by molar-refractivity contribution is -0.133. The second kappa shape index (κ2) is 7.17. The summed E-state index contributed by atoms with van der Waals surface area (Å²) in [5, 5.41) is 8.69. The molecule has 3 rings (SSSR count). The highest BCUT2D eigenvalue weighted by Gasteiger charge is 2.25. The molecule has 1 fully saturated rings. The Morgan fingerprint density at radius 1 is 1.00 bits per heavy atom. The van der Waals surface area contributed by atoms with Gasteiger partial charge in [-0.25, -0.2) is 0 Å². The number of carbonyl (C=O) groups excluding carboxylic acids is 1. The highest BCUT2D eigenvalue weighted by Crippen LogP contribution is 2.22. The van der Waals surface area contributed by atoms with E-state index in [1.54, 1.807) is 12.4 Å². The van der Waals surface area contributed by atoms with Crippen LogP contribution >= 0.6 is 0 Å². The van der Waals surface area contributed by atoms with Crippen molar-refractivity contribution in [3.8, 4) is 11.3 Å². The quantitative estimate of drug-likeness (QED) is 0.860. The van der Waals surface area contributed by atoms with Crippen LogP contribution < -0.4 is 4.90 Å². The molecule has 0 unspecified atom stereocenters. The van der Waals surface area contributed by atoms with Crippen LogP contribution in [0.15, 0.2) is 36.7 Å². The van der Waals surface area contributed by atoms with Crippen molar-refractivity contribution in [3.05, 3.63) is 36.7 Å².